The third-order valence-corrected chi connectivity index (χ3v) is 9.22. The van der Waals surface area contributed by atoms with Gasteiger partial charge in [-0.1, -0.05) is 64.7 Å². The number of nitrogens with zero attached hydrogens (tertiary/aromatic N) is 2. The number of ether oxygens (including phenoxy) is 2. The zero-order valence-corrected chi connectivity index (χ0v) is 27.4. The van der Waals surface area contributed by atoms with E-state index in [1.807, 2.05) is 13.8 Å². The van der Waals surface area contributed by atoms with E-state index in [1.54, 1.807) is 66.7 Å². The highest BCUT2D eigenvalue weighted by Crippen LogP contribution is 2.37. The number of aryl methyl sites for hydroxylation is 2. The molecule has 0 saturated heterocycles. The minimum atomic E-state index is -4.04. The first-order chi connectivity index (χ1) is 20.5. The highest BCUT2D eigenvalue weighted by molar-refractivity contribution is 9.10. The van der Waals surface area contributed by atoms with E-state index in [2.05, 4.69) is 26.5 Å². The number of hydrogen-bond acceptors (Lipinski definition) is 6. The Kier molecular flexibility index (Phi) is 10.7. The Labute approximate surface area is 269 Å². The number of sulfonamides is 1. The normalized spacial score (nSPS) is 11.4. The zero-order valence-electron chi connectivity index (χ0n) is 23.5. The van der Waals surface area contributed by atoms with E-state index in [1.165, 1.54) is 25.5 Å². The van der Waals surface area contributed by atoms with Crippen molar-refractivity contribution >= 4 is 67.0 Å². The van der Waals surface area contributed by atoms with Crippen LogP contribution in [0.15, 0.2) is 93.3 Å². The molecule has 0 atom stereocenters. The van der Waals surface area contributed by atoms with E-state index in [4.69, 9.17) is 32.7 Å². The quantitative estimate of drug-likeness (QED) is 0.131. The second kappa shape index (κ2) is 14.3. The van der Waals surface area contributed by atoms with Gasteiger partial charge in [-0.25, -0.2) is 13.8 Å². The summed E-state index contributed by atoms with van der Waals surface area (Å²) in [6.07, 6.45) is 1.41. The Hall–Kier alpha value is -3.57. The summed E-state index contributed by atoms with van der Waals surface area (Å²) in [6.45, 7) is 3.46. The first-order valence-electron chi connectivity index (χ1n) is 12.9. The SMILES string of the molecule is COc1cc(/C=N\NC(=O)CN(c2ccc(C)cc2)S(=O)(=O)c2ccc(C)cc2)cc(Br)c1OCc1ccc(Cl)cc1Cl. The van der Waals surface area contributed by atoms with Crippen LogP contribution in [0.2, 0.25) is 10.0 Å². The molecule has 0 radical (unpaired) electrons. The Balaban J connectivity index is 1.48. The number of hydrazone groups is 1. The van der Waals surface area contributed by atoms with Gasteiger partial charge in [0.15, 0.2) is 11.5 Å². The van der Waals surface area contributed by atoms with E-state index in [0.717, 1.165) is 21.0 Å². The lowest BCUT2D eigenvalue weighted by Crippen LogP contribution is -2.39. The fourth-order valence-electron chi connectivity index (χ4n) is 3.95. The van der Waals surface area contributed by atoms with Gasteiger partial charge in [0.2, 0.25) is 0 Å². The summed E-state index contributed by atoms with van der Waals surface area (Å²) >= 11 is 15.7. The number of hydrogen-bond donors (Lipinski definition) is 1. The predicted molar refractivity (Wildman–Crippen MR) is 174 cm³/mol. The second-order valence-corrected chi connectivity index (χ2v) is 13.1. The van der Waals surface area contributed by atoms with Gasteiger partial charge in [0.25, 0.3) is 15.9 Å². The van der Waals surface area contributed by atoms with Crippen molar-refractivity contribution in [2.75, 3.05) is 18.0 Å². The Morgan fingerprint density at radius 2 is 1.63 bits per heavy atom. The molecule has 1 amide bonds. The number of halogens is 3. The van der Waals surface area contributed by atoms with Crippen LogP contribution in [0.4, 0.5) is 5.69 Å². The fourth-order valence-corrected chi connectivity index (χ4v) is 6.41. The number of benzene rings is 4. The summed E-state index contributed by atoms with van der Waals surface area (Å²) < 4.78 is 40.2. The summed E-state index contributed by atoms with van der Waals surface area (Å²) in [5, 5.41) is 5.04. The van der Waals surface area contributed by atoms with Crippen molar-refractivity contribution in [1.82, 2.24) is 5.43 Å². The molecule has 0 aliphatic rings. The molecule has 0 fully saturated rings. The summed E-state index contributed by atoms with van der Waals surface area (Å²) in [4.78, 5) is 13.0. The smallest absolute Gasteiger partial charge is 0.264 e. The minimum absolute atomic E-state index is 0.0764. The number of carbonyl (C=O) groups is 1. The molecular weight excluding hydrogens is 677 g/mol. The van der Waals surface area contributed by atoms with Gasteiger partial charge in [-0.15, -0.1) is 0 Å². The lowest BCUT2D eigenvalue weighted by atomic mass is 10.2. The Bertz CT molecular complexity index is 1750. The maximum Gasteiger partial charge on any atom is 0.264 e. The van der Waals surface area contributed by atoms with Gasteiger partial charge in [-0.3, -0.25) is 9.10 Å². The van der Waals surface area contributed by atoms with Gasteiger partial charge >= 0.3 is 0 Å². The van der Waals surface area contributed by atoms with E-state index >= 15 is 0 Å². The van der Waals surface area contributed by atoms with Gasteiger partial charge in [0.05, 0.1) is 28.4 Å². The number of amides is 1. The van der Waals surface area contributed by atoms with Crippen LogP contribution in [0.25, 0.3) is 0 Å². The number of nitrogens with one attached hydrogen (secondary N) is 1. The topological polar surface area (TPSA) is 97.3 Å². The molecule has 0 unspecified atom stereocenters. The van der Waals surface area contributed by atoms with Crippen LogP contribution in [-0.4, -0.2) is 34.2 Å². The highest BCUT2D eigenvalue weighted by Gasteiger charge is 2.27. The van der Waals surface area contributed by atoms with Crippen molar-refractivity contribution in [3.63, 3.8) is 0 Å². The number of rotatable bonds is 11. The molecule has 1 N–H and O–H groups in total. The third kappa shape index (κ3) is 8.29. The Morgan fingerprint density at radius 3 is 2.26 bits per heavy atom. The molecule has 0 aliphatic heterocycles. The molecule has 12 heteroatoms. The molecule has 0 saturated carbocycles. The van der Waals surface area contributed by atoms with Crippen LogP contribution in [0.1, 0.15) is 22.3 Å². The molecule has 43 heavy (non-hydrogen) atoms. The molecule has 0 spiro atoms. The van der Waals surface area contributed by atoms with Gasteiger partial charge in [-0.05, 0) is 83.9 Å². The standard InChI is InChI=1S/C31H28BrCl2N3O5S/c1-20-4-10-25(11-5-20)37(43(39,40)26-12-6-21(2)7-13-26)18-30(38)36-35-17-22-14-27(32)31(29(15-22)41-3)42-19-23-8-9-24(33)16-28(23)34/h4-17H,18-19H2,1-3H3,(H,36,38)/b35-17-. The zero-order chi connectivity index (χ0) is 31.1. The average molecular weight is 705 g/mol. The second-order valence-electron chi connectivity index (χ2n) is 9.51. The number of carbonyl (C=O) groups excluding carboxylic acids is 1. The fraction of sp³-hybridized carbons (Fsp3) is 0.161. The molecule has 0 aromatic heterocycles. The summed E-state index contributed by atoms with van der Waals surface area (Å²) in [6, 6.07) is 21.9. The Morgan fingerprint density at radius 1 is 0.977 bits per heavy atom. The maximum absolute atomic E-state index is 13.5. The summed E-state index contributed by atoms with van der Waals surface area (Å²) in [7, 11) is -2.54. The van der Waals surface area contributed by atoms with Gasteiger partial charge in [-0.2, -0.15) is 5.10 Å². The van der Waals surface area contributed by atoms with Crippen molar-refractivity contribution in [3.05, 3.63) is 116 Å². The lowest BCUT2D eigenvalue weighted by Gasteiger charge is -2.24. The van der Waals surface area contributed by atoms with Crippen molar-refractivity contribution in [3.8, 4) is 11.5 Å². The first-order valence-corrected chi connectivity index (χ1v) is 15.9. The minimum Gasteiger partial charge on any atom is -0.493 e. The summed E-state index contributed by atoms with van der Waals surface area (Å²) in [5.74, 6) is 0.241. The van der Waals surface area contributed by atoms with Gasteiger partial charge in [0, 0.05) is 15.6 Å². The predicted octanol–water partition coefficient (Wildman–Crippen LogP) is 7.31. The molecule has 4 aromatic carbocycles. The van der Waals surface area contributed by atoms with E-state index in [9.17, 15) is 13.2 Å². The van der Waals surface area contributed by atoms with E-state index in [-0.39, 0.29) is 11.5 Å². The maximum atomic E-state index is 13.5. The van der Waals surface area contributed by atoms with E-state index in [0.29, 0.717) is 37.3 Å². The molecule has 4 aromatic rings. The van der Waals surface area contributed by atoms with Crippen LogP contribution in [-0.2, 0) is 21.4 Å². The molecule has 0 bridgehead atoms. The molecule has 8 nitrogen and oxygen atoms in total. The van der Waals surface area contributed by atoms with Crippen molar-refractivity contribution in [2.24, 2.45) is 5.10 Å². The van der Waals surface area contributed by atoms with Crippen LogP contribution in [0.3, 0.4) is 0 Å². The van der Waals surface area contributed by atoms with Gasteiger partial charge < -0.3 is 9.47 Å². The third-order valence-electron chi connectivity index (χ3n) is 6.26. The molecule has 4 rings (SSSR count). The number of methoxy groups -OCH3 is 1. The van der Waals surface area contributed by atoms with Crippen molar-refractivity contribution in [2.45, 2.75) is 25.3 Å². The number of anilines is 1. The van der Waals surface area contributed by atoms with Crippen LogP contribution in [0.5, 0.6) is 11.5 Å². The summed E-state index contributed by atoms with van der Waals surface area (Å²) in [5.41, 5.74) is 5.98. The average Bonchev–Trinajstić information content (AvgIpc) is 2.96. The monoisotopic (exact) mass is 703 g/mol. The molecule has 224 valence electrons. The van der Waals surface area contributed by atoms with E-state index < -0.39 is 22.5 Å². The van der Waals surface area contributed by atoms with Crippen LogP contribution >= 0.6 is 39.1 Å². The first kappa shape index (κ1) is 32.3. The largest absolute Gasteiger partial charge is 0.493 e. The molecule has 0 aliphatic carbocycles. The lowest BCUT2D eigenvalue weighted by molar-refractivity contribution is -0.119. The molecular formula is C31H28BrCl2N3O5S. The van der Waals surface area contributed by atoms with Crippen molar-refractivity contribution in [1.29, 1.82) is 0 Å². The van der Waals surface area contributed by atoms with Crippen LogP contribution < -0.4 is 19.2 Å². The highest BCUT2D eigenvalue weighted by atomic mass is 79.9. The molecule has 0 heterocycles. The van der Waals surface area contributed by atoms with Crippen molar-refractivity contribution < 1.29 is 22.7 Å². The van der Waals surface area contributed by atoms with Gasteiger partial charge in [0.1, 0.15) is 13.2 Å². The van der Waals surface area contributed by atoms with Crippen LogP contribution in [0, 0.1) is 13.8 Å².